The highest BCUT2D eigenvalue weighted by Gasteiger charge is 2.23. The van der Waals surface area contributed by atoms with Gasteiger partial charge in [0, 0.05) is 17.8 Å². The third-order valence-corrected chi connectivity index (χ3v) is 4.06. The monoisotopic (exact) mass is 324 g/mol. The van der Waals surface area contributed by atoms with E-state index in [1.54, 1.807) is 11.0 Å². The second-order valence-electron chi connectivity index (χ2n) is 5.88. The van der Waals surface area contributed by atoms with Crippen LogP contribution in [0.2, 0.25) is 0 Å². The topological polar surface area (TPSA) is 58.6 Å². The number of hydrogen-bond donors (Lipinski definition) is 1. The van der Waals surface area contributed by atoms with Gasteiger partial charge in [0.2, 0.25) is 5.91 Å². The quantitative estimate of drug-likeness (QED) is 0.910. The van der Waals surface area contributed by atoms with Crippen LogP contribution in [0, 0.1) is 0 Å². The Balaban J connectivity index is 1.63. The molecule has 2 aromatic carbocycles. The fraction of sp³-hybridized carbons (Fsp3) is 0.263. The molecule has 1 aliphatic heterocycles. The molecule has 0 aliphatic carbocycles. The SMILES string of the molecule is CC(CC(=O)Nc1cccc(N2CCOC2=O)c1)c1ccccc1. The first-order valence-corrected chi connectivity index (χ1v) is 8.02. The van der Waals surface area contributed by atoms with Gasteiger partial charge in [0.25, 0.3) is 0 Å². The van der Waals surface area contributed by atoms with Gasteiger partial charge in [-0.2, -0.15) is 0 Å². The molecular formula is C19H20N2O3. The summed E-state index contributed by atoms with van der Waals surface area (Å²) in [6, 6.07) is 17.2. The van der Waals surface area contributed by atoms with Crippen LogP contribution in [0.1, 0.15) is 24.8 Å². The molecule has 0 spiro atoms. The molecule has 1 fully saturated rings. The lowest BCUT2D eigenvalue weighted by Crippen LogP contribution is -2.23. The summed E-state index contributed by atoms with van der Waals surface area (Å²) in [5.74, 6) is 0.0930. The molecule has 2 amide bonds. The van der Waals surface area contributed by atoms with Crippen molar-refractivity contribution in [1.29, 1.82) is 0 Å². The minimum atomic E-state index is -0.351. The summed E-state index contributed by atoms with van der Waals surface area (Å²) in [4.78, 5) is 25.5. The summed E-state index contributed by atoms with van der Waals surface area (Å²) in [6.45, 7) is 2.96. The van der Waals surface area contributed by atoms with Crippen molar-refractivity contribution in [3.8, 4) is 0 Å². The average molecular weight is 324 g/mol. The van der Waals surface area contributed by atoms with Gasteiger partial charge in [-0.15, -0.1) is 0 Å². The van der Waals surface area contributed by atoms with Gasteiger partial charge in [-0.3, -0.25) is 9.69 Å². The highest BCUT2D eigenvalue weighted by molar-refractivity contribution is 5.94. The van der Waals surface area contributed by atoms with Crippen LogP contribution in [0.3, 0.4) is 0 Å². The van der Waals surface area contributed by atoms with Crippen molar-refractivity contribution >= 4 is 23.4 Å². The van der Waals surface area contributed by atoms with Crippen molar-refractivity contribution < 1.29 is 14.3 Å². The van der Waals surface area contributed by atoms with E-state index in [2.05, 4.69) is 5.32 Å². The molecule has 1 aliphatic rings. The zero-order valence-electron chi connectivity index (χ0n) is 13.6. The van der Waals surface area contributed by atoms with Crippen molar-refractivity contribution in [3.63, 3.8) is 0 Å². The number of nitrogens with zero attached hydrogens (tertiary/aromatic N) is 1. The zero-order chi connectivity index (χ0) is 16.9. The first kappa shape index (κ1) is 16.1. The van der Waals surface area contributed by atoms with E-state index in [1.807, 2.05) is 55.5 Å². The Labute approximate surface area is 141 Å². The van der Waals surface area contributed by atoms with Gasteiger partial charge in [-0.1, -0.05) is 43.3 Å². The Morgan fingerprint density at radius 1 is 1.21 bits per heavy atom. The van der Waals surface area contributed by atoms with Gasteiger partial charge in [-0.05, 0) is 29.7 Å². The van der Waals surface area contributed by atoms with Gasteiger partial charge in [0.05, 0.1) is 6.54 Å². The molecule has 124 valence electrons. The van der Waals surface area contributed by atoms with Crippen molar-refractivity contribution in [3.05, 3.63) is 60.2 Å². The summed E-state index contributed by atoms with van der Waals surface area (Å²) in [5, 5.41) is 2.90. The van der Waals surface area contributed by atoms with Crippen molar-refractivity contribution in [1.82, 2.24) is 0 Å². The maximum Gasteiger partial charge on any atom is 0.414 e. The lowest BCUT2D eigenvalue weighted by atomic mass is 9.97. The molecule has 1 N–H and O–H groups in total. The number of anilines is 2. The Bertz CT molecular complexity index is 730. The first-order chi connectivity index (χ1) is 11.6. The molecule has 5 heteroatoms. The van der Waals surface area contributed by atoms with E-state index in [0.29, 0.717) is 25.3 Å². The standard InChI is InChI=1S/C19H20N2O3/c1-14(15-6-3-2-4-7-15)12-18(22)20-16-8-5-9-17(13-16)21-10-11-24-19(21)23/h2-9,13-14H,10-12H2,1H3,(H,20,22). The molecule has 3 rings (SSSR count). The molecule has 1 saturated heterocycles. The van der Waals surface area contributed by atoms with E-state index >= 15 is 0 Å². The maximum absolute atomic E-state index is 12.3. The van der Waals surface area contributed by atoms with Crippen LogP contribution in [0.25, 0.3) is 0 Å². The van der Waals surface area contributed by atoms with E-state index in [9.17, 15) is 9.59 Å². The molecule has 0 bridgehead atoms. The molecule has 0 saturated carbocycles. The summed E-state index contributed by atoms with van der Waals surface area (Å²) in [7, 11) is 0. The second-order valence-corrected chi connectivity index (χ2v) is 5.88. The number of benzene rings is 2. The Hall–Kier alpha value is -2.82. The van der Waals surface area contributed by atoms with E-state index in [4.69, 9.17) is 4.74 Å². The van der Waals surface area contributed by atoms with Crippen LogP contribution in [0.15, 0.2) is 54.6 Å². The minimum Gasteiger partial charge on any atom is -0.447 e. The van der Waals surface area contributed by atoms with Crippen molar-refractivity contribution in [2.75, 3.05) is 23.4 Å². The van der Waals surface area contributed by atoms with Gasteiger partial charge < -0.3 is 10.1 Å². The first-order valence-electron chi connectivity index (χ1n) is 8.02. The van der Waals surface area contributed by atoms with E-state index in [1.165, 1.54) is 0 Å². The molecule has 1 unspecified atom stereocenters. The normalized spacial score (nSPS) is 15.0. The predicted octanol–water partition coefficient (Wildman–Crippen LogP) is 3.78. The summed E-state index contributed by atoms with van der Waals surface area (Å²) < 4.78 is 4.94. The third kappa shape index (κ3) is 3.74. The molecule has 1 atom stereocenters. The number of hydrogen-bond acceptors (Lipinski definition) is 3. The number of ether oxygens (including phenoxy) is 1. The fourth-order valence-corrected chi connectivity index (χ4v) is 2.77. The molecule has 0 aromatic heterocycles. The summed E-state index contributed by atoms with van der Waals surface area (Å²) >= 11 is 0. The van der Waals surface area contributed by atoms with Crippen molar-refractivity contribution in [2.24, 2.45) is 0 Å². The van der Waals surface area contributed by atoms with Crippen LogP contribution in [-0.2, 0) is 9.53 Å². The third-order valence-electron chi connectivity index (χ3n) is 4.06. The van der Waals surface area contributed by atoms with Gasteiger partial charge in [0.15, 0.2) is 0 Å². The number of carbonyl (C=O) groups excluding carboxylic acids is 2. The number of rotatable bonds is 5. The average Bonchev–Trinajstić information content (AvgIpc) is 3.02. The molecule has 0 radical (unpaired) electrons. The fourth-order valence-electron chi connectivity index (χ4n) is 2.77. The number of carbonyl (C=O) groups is 2. The van der Waals surface area contributed by atoms with Gasteiger partial charge in [0.1, 0.15) is 6.61 Å². The Morgan fingerprint density at radius 3 is 2.71 bits per heavy atom. The van der Waals surface area contributed by atoms with Crippen LogP contribution >= 0.6 is 0 Å². The molecule has 24 heavy (non-hydrogen) atoms. The van der Waals surface area contributed by atoms with Gasteiger partial charge >= 0.3 is 6.09 Å². The molecule has 2 aromatic rings. The lowest BCUT2D eigenvalue weighted by molar-refractivity contribution is -0.116. The summed E-state index contributed by atoms with van der Waals surface area (Å²) in [6.07, 6.45) is 0.0520. The van der Waals surface area contributed by atoms with Crippen LogP contribution in [-0.4, -0.2) is 25.2 Å². The zero-order valence-corrected chi connectivity index (χ0v) is 13.6. The van der Waals surface area contributed by atoms with E-state index in [0.717, 1.165) is 11.3 Å². The minimum absolute atomic E-state index is 0.0486. The molecular weight excluding hydrogens is 304 g/mol. The number of amides is 2. The molecule has 1 heterocycles. The van der Waals surface area contributed by atoms with Crippen LogP contribution < -0.4 is 10.2 Å². The maximum atomic E-state index is 12.3. The second kappa shape index (κ2) is 7.17. The lowest BCUT2D eigenvalue weighted by Gasteiger charge is -2.15. The Kier molecular flexibility index (Phi) is 4.79. The molecule has 5 nitrogen and oxygen atoms in total. The Morgan fingerprint density at radius 2 is 2.00 bits per heavy atom. The number of nitrogens with one attached hydrogen (secondary N) is 1. The number of cyclic esters (lactones) is 1. The largest absolute Gasteiger partial charge is 0.447 e. The van der Waals surface area contributed by atoms with Crippen LogP contribution in [0.5, 0.6) is 0 Å². The van der Waals surface area contributed by atoms with Crippen molar-refractivity contribution in [2.45, 2.75) is 19.3 Å². The van der Waals surface area contributed by atoms with Crippen LogP contribution in [0.4, 0.5) is 16.2 Å². The highest BCUT2D eigenvalue weighted by atomic mass is 16.6. The smallest absolute Gasteiger partial charge is 0.414 e. The van der Waals surface area contributed by atoms with E-state index < -0.39 is 0 Å². The van der Waals surface area contributed by atoms with Gasteiger partial charge in [-0.25, -0.2) is 4.79 Å². The predicted molar refractivity (Wildman–Crippen MR) is 93.2 cm³/mol. The summed E-state index contributed by atoms with van der Waals surface area (Å²) in [5.41, 5.74) is 2.55. The van der Waals surface area contributed by atoms with E-state index in [-0.39, 0.29) is 17.9 Å². The highest BCUT2D eigenvalue weighted by Crippen LogP contribution is 2.24.